The Kier molecular flexibility index (Phi) is 6.49. The van der Waals surface area contributed by atoms with E-state index in [4.69, 9.17) is 15.3 Å². The molecule has 9 aromatic rings. The van der Waals surface area contributed by atoms with Gasteiger partial charge in [0.1, 0.15) is 0 Å². The molecule has 1 aliphatic heterocycles. The molecule has 0 saturated carbocycles. The van der Waals surface area contributed by atoms with Gasteiger partial charge in [-0.05, 0) is 65.2 Å². The van der Waals surface area contributed by atoms with Crippen molar-refractivity contribution < 1.29 is 0 Å². The molecule has 0 radical (unpaired) electrons. The lowest BCUT2D eigenvalue weighted by atomic mass is 10.1. The minimum Gasteiger partial charge on any atom is -0.438 e. The second kappa shape index (κ2) is 11.5. The normalized spacial score (nSPS) is 14.6. The minimum atomic E-state index is -0.366. The number of hydrogen-bond donors (Lipinski definition) is 0. The maximum absolute atomic E-state index is 5.04. The molecule has 2 aromatic heterocycles. The van der Waals surface area contributed by atoms with Gasteiger partial charge < -0.3 is 19.4 Å². The van der Waals surface area contributed by atoms with Crippen molar-refractivity contribution >= 4 is 55.3 Å². The molecule has 236 valence electrons. The summed E-state index contributed by atoms with van der Waals surface area (Å²) in [5.41, 5.74) is 9.90. The molecule has 50 heavy (non-hydrogen) atoms. The van der Waals surface area contributed by atoms with Crippen molar-refractivity contribution in [3.8, 4) is 11.4 Å². The van der Waals surface area contributed by atoms with Crippen LogP contribution in [0.25, 0.3) is 60.3 Å². The molecule has 5 nitrogen and oxygen atoms in total. The van der Waals surface area contributed by atoms with Crippen molar-refractivity contribution in [1.82, 2.24) is 9.13 Å². The molecule has 5 heteroatoms. The van der Waals surface area contributed by atoms with Gasteiger partial charge in [0.05, 0.1) is 34.1 Å². The summed E-state index contributed by atoms with van der Waals surface area (Å²) < 4.78 is 4.76. The molecule has 3 heterocycles. The third-order valence-electron chi connectivity index (χ3n) is 9.69. The second-order valence-electron chi connectivity index (χ2n) is 12.6. The van der Waals surface area contributed by atoms with Gasteiger partial charge in [0.2, 0.25) is 0 Å². The fourth-order valence-corrected chi connectivity index (χ4v) is 7.38. The Bertz CT molecular complexity index is 2760. The highest BCUT2D eigenvalue weighted by atomic mass is 15.2. The highest BCUT2D eigenvalue weighted by Crippen LogP contribution is 2.40. The lowest BCUT2D eigenvalue weighted by molar-refractivity contribution is 0.878. The summed E-state index contributed by atoms with van der Waals surface area (Å²) in [7, 11) is 0. The topological polar surface area (TPSA) is 48.7 Å². The number of amidine groups is 2. The third-order valence-corrected chi connectivity index (χ3v) is 9.69. The Balaban J connectivity index is 1.15. The van der Waals surface area contributed by atoms with E-state index < -0.39 is 0 Å². The van der Waals surface area contributed by atoms with Gasteiger partial charge in [-0.25, -0.2) is 0 Å². The lowest BCUT2D eigenvalue weighted by Crippen LogP contribution is -2.15. The fraction of sp³-hybridized carbons (Fsp3) is 0.0222. The number of rotatable bonds is 5. The van der Waals surface area contributed by atoms with Crippen LogP contribution in [0.2, 0.25) is 0 Å². The van der Waals surface area contributed by atoms with Crippen molar-refractivity contribution in [2.45, 2.75) is 6.17 Å². The first-order chi connectivity index (χ1) is 24.8. The number of aliphatic imine (C=N–C) groups is 2. The zero-order chi connectivity index (χ0) is 33.0. The van der Waals surface area contributed by atoms with E-state index in [0.717, 1.165) is 33.6 Å². The summed E-state index contributed by atoms with van der Waals surface area (Å²) in [6.45, 7) is 0. The molecule has 1 atom stereocenters. The molecule has 0 aliphatic carbocycles. The van der Waals surface area contributed by atoms with Crippen molar-refractivity contribution in [3.05, 3.63) is 198 Å². The first-order valence-electron chi connectivity index (χ1n) is 16.9. The van der Waals surface area contributed by atoms with Gasteiger partial charge in [-0.15, -0.1) is 0 Å². The number of nitrogens with zero attached hydrogens (tertiary/aromatic N) is 5. The van der Waals surface area contributed by atoms with Crippen LogP contribution in [-0.4, -0.2) is 20.8 Å². The quantitative estimate of drug-likeness (QED) is 0.180. The third kappa shape index (κ3) is 4.55. The zero-order valence-corrected chi connectivity index (χ0v) is 27.1. The van der Waals surface area contributed by atoms with Crippen LogP contribution in [0.1, 0.15) is 22.9 Å². The highest BCUT2D eigenvalue weighted by Gasteiger charge is 2.19. The number of fused-ring (bicyclic) bond motifs is 6. The van der Waals surface area contributed by atoms with Crippen LogP contribution in [-0.2, 0) is 0 Å². The van der Waals surface area contributed by atoms with Crippen LogP contribution in [0.15, 0.2) is 186 Å². The number of benzene rings is 7. The maximum atomic E-state index is 5.04. The predicted molar refractivity (Wildman–Crippen MR) is 207 cm³/mol. The number of para-hydroxylation sites is 3. The lowest BCUT2D eigenvalue weighted by Gasteiger charge is -2.32. The van der Waals surface area contributed by atoms with Crippen LogP contribution in [0.4, 0.5) is 0 Å². The summed E-state index contributed by atoms with van der Waals surface area (Å²) in [6, 6.07) is 61.8. The highest BCUT2D eigenvalue weighted by molar-refractivity contribution is 6.20. The van der Waals surface area contributed by atoms with Gasteiger partial charge in [0, 0.05) is 32.9 Å². The Labute approximate surface area is 289 Å². The fourth-order valence-electron chi connectivity index (χ4n) is 7.38. The van der Waals surface area contributed by atoms with E-state index >= 15 is 0 Å². The van der Waals surface area contributed by atoms with E-state index in [1.807, 2.05) is 48.5 Å². The summed E-state index contributed by atoms with van der Waals surface area (Å²) in [5.74, 6) is 1.37. The molecule has 0 bridgehead atoms. The van der Waals surface area contributed by atoms with Crippen molar-refractivity contribution in [2.75, 3.05) is 0 Å². The van der Waals surface area contributed by atoms with E-state index in [1.54, 1.807) is 0 Å². The average Bonchev–Trinajstić information content (AvgIpc) is 3.70. The summed E-state index contributed by atoms with van der Waals surface area (Å²) in [6.07, 6.45) is -0.366. The standard InChI is InChI=1S/C45H30N5/c1-4-14-30(15-5-1)43-46-44(31-16-6-2-7-17-31)48-45(47-43)32-24-26-34(27-25-32)50-40-23-13-11-21-36(40)38-28-37-35-20-10-12-22-39(35)49(41(37)29-42(38)50)33-18-8-3-9-19-33/h1-29,43H/q-1. The van der Waals surface area contributed by atoms with Crippen molar-refractivity contribution in [1.29, 1.82) is 0 Å². The molecule has 0 fully saturated rings. The Morgan fingerprint density at radius 2 is 0.940 bits per heavy atom. The Morgan fingerprint density at radius 1 is 0.420 bits per heavy atom. The largest absolute Gasteiger partial charge is 0.438 e. The van der Waals surface area contributed by atoms with Crippen LogP contribution in [0.3, 0.4) is 0 Å². The number of hydrogen-bond acceptors (Lipinski definition) is 2. The van der Waals surface area contributed by atoms with Crippen LogP contribution in [0.5, 0.6) is 0 Å². The van der Waals surface area contributed by atoms with Crippen LogP contribution in [0, 0.1) is 0 Å². The average molecular weight is 641 g/mol. The molecule has 0 N–H and O–H groups in total. The van der Waals surface area contributed by atoms with Gasteiger partial charge in [-0.2, -0.15) is 0 Å². The minimum absolute atomic E-state index is 0.366. The van der Waals surface area contributed by atoms with Crippen molar-refractivity contribution in [3.63, 3.8) is 0 Å². The predicted octanol–water partition coefficient (Wildman–Crippen LogP) is 11.2. The summed E-state index contributed by atoms with van der Waals surface area (Å²) in [4.78, 5) is 10.0. The Morgan fingerprint density at radius 3 is 1.56 bits per heavy atom. The zero-order valence-electron chi connectivity index (χ0n) is 27.1. The first kappa shape index (κ1) is 28.3. The van der Waals surface area contributed by atoms with E-state index in [9.17, 15) is 0 Å². The molecule has 0 saturated heterocycles. The van der Waals surface area contributed by atoms with E-state index in [0.29, 0.717) is 11.7 Å². The molecule has 0 amide bonds. The molecule has 1 unspecified atom stereocenters. The molecule has 7 aromatic carbocycles. The monoisotopic (exact) mass is 640 g/mol. The summed E-state index contributed by atoms with van der Waals surface area (Å²) in [5, 5.41) is 9.90. The molecule has 10 rings (SSSR count). The smallest absolute Gasteiger partial charge is 0.0822 e. The van der Waals surface area contributed by atoms with Crippen molar-refractivity contribution in [2.24, 2.45) is 9.98 Å². The van der Waals surface area contributed by atoms with E-state index in [1.165, 1.54) is 38.1 Å². The van der Waals surface area contributed by atoms with Crippen LogP contribution >= 0.6 is 0 Å². The van der Waals surface area contributed by atoms with Crippen LogP contribution < -0.4 is 0 Å². The van der Waals surface area contributed by atoms with Gasteiger partial charge in [-0.1, -0.05) is 133 Å². The molecular weight excluding hydrogens is 611 g/mol. The SMILES string of the molecule is c1ccc(C2=NC(c3ccc(-n4c5ccccc5c5cc6c7ccccc7n(-c7ccccc7)c6cc54)cc3)=NC(c3ccccc3)[N-]2)cc1. The first-order valence-corrected chi connectivity index (χ1v) is 16.9. The van der Waals surface area contributed by atoms with Gasteiger partial charge in [0.25, 0.3) is 0 Å². The van der Waals surface area contributed by atoms with E-state index in [-0.39, 0.29) is 6.17 Å². The van der Waals surface area contributed by atoms with Gasteiger partial charge in [-0.3, -0.25) is 4.99 Å². The molecule has 1 aliphatic rings. The summed E-state index contributed by atoms with van der Waals surface area (Å²) >= 11 is 0. The molecular formula is C45H30N5-. The van der Waals surface area contributed by atoms with Gasteiger partial charge in [0.15, 0.2) is 0 Å². The maximum Gasteiger partial charge on any atom is 0.0822 e. The van der Waals surface area contributed by atoms with E-state index in [2.05, 4.69) is 137 Å². The second-order valence-corrected chi connectivity index (χ2v) is 12.6. The Hall–Kier alpha value is -6.72. The number of aromatic nitrogens is 2. The van der Waals surface area contributed by atoms with Gasteiger partial charge >= 0.3 is 0 Å². The molecule has 0 spiro atoms.